The molecule has 3 rings (SSSR count). The standard InChI is InChI=1S/C17H24N4O2S/c1-2-21-16(14-6-4-3-5-7-14)18-19-17(21)24-13-15(22)12-20-8-10-23-11-9-20/h3-7,15,22H,2,8-13H2,1H3/t15-/m1/s1. The maximum Gasteiger partial charge on any atom is 0.191 e. The topological polar surface area (TPSA) is 63.4 Å². The van der Waals surface area contributed by atoms with Gasteiger partial charge in [-0.15, -0.1) is 10.2 Å². The Hall–Kier alpha value is -1.41. The molecule has 1 saturated heterocycles. The number of thioether (sulfide) groups is 1. The molecule has 0 aliphatic carbocycles. The van der Waals surface area contributed by atoms with E-state index in [4.69, 9.17) is 4.74 Å². The molecular weight excluding hydrogens is 324 g/mol. The molecule has 0 bridgehead atoms. The molecule has 0 saturated carbocycles. The van der Waals surface area contributed by atoms with E-state index in [1.54, 1.807) is 11.8 Å². The highest BCUT2D eigenvalue weighted by molar-refractivity contribution is 7.99. The summed E-state index contributed by atoms with van der Waals surface area (Å²) >= 11 is 1.57. The summed E-state index contributed by atoms with van der Waals surface area (Å²) in [5.41, 5.74) is 1.06. The number of aliphatic hydroxyl groups is 1. The van der Waals surface area contributed by atoms with Gasteiger partial charge in [-0.3, -0.25) is 4.90 Å². The van der Waals surface area contributed by atoms with Crippen molar-refractivity contribution in [1.29, 1.82) is 0 Å². The van der Waals surface area contributed by atoms with E-state index in [0.717, 1.165) is 49.4 Å². The normalized spacial score (nSPS) is 17.1. The van der Waals surface area contributed by atoms with Crippen LogP contribution in [0.1, 0.15) is 6.92 Å². The van der Waals surface area contributed by atoms with E-state index in [-0.39, 0.29) is 6.10 Å². The zero-order valence-corrected chi connectivity index (χ0v) is 14.8. The molecule has 0 radical (unpaired) electrons. The van der Waals surface area contributed by atoms with E-state index in [1.807, 2.05) is 30.3 Å². The van der Waals surface area contributed by atoms with E-state index < -0.39 is 0 Å². The predicted octanol–water partition coefficient (Wildman–Crippen LogP) is 1.75. The number of ether oxygens (including phenoxy) is 1. The molecule has 0 unspecified atom stereocenters. The van der Waals surface area contributed by atoms with Gasteiger partial charge in [0.15, 0.2) is 11.0 Å². The number of β-amino-alcohol motifs (C(OH)–C–C–N with tert-alkyl or cyclic N) is 1. The molecule has 24 heavy (non-hydrogen) atoms. The van der Waals surface area contributed by atoms with Crippen LogP contribution >= 0.6 is 11.8 Å². The SMILES string of the molecule is CCn1c(SC[C@H](O)CN2CCOCC2)nnc1-c1ccccc1. The predicted molar refractivity (Wildman–Crippen MR) is 95.1 cm³/mol. The number of aliphatic hydroxyl groups excluding tert-OH is 1. The Kier molecular flexibility index (Phi) is 6.25. The quantitative estimate of drug-likeness (QED) is 0.769. The van der Waals surface area contributed by atoms with Crippen LogP contribution in [-0.2, 0) is 11.3 Å². The van der Waals surface area contributed by atoms with Crippen molar-refractivity contribution < 1.29 is 9.84 Å². The molecule has 0 spiro atoms. The lowest BCUT2D eigenvalue weighted by atomic mass is 10.2. The van der Waals surface area contributed by atoms with Crippen molar-refractivity contribution in [2.24, 2.45) is 0 Å². The number of rotatable bonds is 7. The van der Waals surface area contributed by atoms with E-state index in [9.17, 15) is 5.11 Å². The molecule has 1 atom stereocenters. The summed E-state index contributed by atoms with van der Waals surface area (Å²) in [5.74, 6) is 1.49. The minimum atomic E-state index is -0.379. The highest BCUT2D eigenvalue weighted by Gasteiger charge is 2.17. The third-order valence-corrected chi connectivity index (χ3v) is 5.15. The molecule has 0 amide bonds. The van der Waals surface area contributed by atoms with Gasteiger partial charge in [0.25, 0.3) is 0 Å². The summed E-state index contributed by atoms with van der Waals surface area (Å²) in [6.45, 7) is 6.87. The Labute approximate surface area is 146 Å². The molecule has 1 aromatic heterocycles. The van der Waals surface area contributed by atoms with Crippen LogP contribution in [0.25, 0.3) is 11.4 Å². The fourth-order valence-corrected chi connectivity index (χ4v) is 3.70. The number of hydrogen-bond donors (Lipinski definition) is 1. The first-order valence-corrected chi connectivity index (χ1v) is 9.36. The van der Waals surface area contributed by atoms with Crippen LogP contribution in [0.3, 0.4) is 0 Å². The van der Waals surface area contributed by atoms with E-state index in [1.165, 1.54) is 0 Å². The van der Waals surface area contributed by atoms with Crippen molar-refractivity contribution >= 4 is 11.8 Å². The van der Waals surface area contributed by atoms with Crippen LogP contribution < -0.4 is 0 Å². The van der Waals surface area contributed by atoms with E-state index in [0.29, 0.717) is 12.3 Å². The van der Waals surface area contributed by atoms with Crippen LogP contribution in [0.15, 0.2) is 35.5 Å². The minimum Gasteiger partial charge on any atom is -0.391 e. The molecule has 1 aliphatic rings. The summed E-state index contributed by atoms with van der Waals surface area (Å²) in [6.07, 6.45) is -0.379. The second kappa shape index (κ2) is 8.62. The number of aromatic nitrogens is 3. The monoisotopic (exact) mass is 348 g/mol. The maximum atomic E-state index is 10.3. The second-order valence-corrected chi connectivity index (χ2v) is 6.78. The first kappa shape index (κ1) is 17.4. The van der Waals surface area contributed by atoms with Crippen molar-refractivity contribution in [2.45, 2.75) is 24.7 Å². The summed E-state index contributed by atoms with van der Waals surface area (Å²) in [6, 6.07) is 10.1. The lowest BCUT2D eigenvalue weighted by Gasteiger charge is -2.28. The van der Waals surface area contributed by atoms with Crippen molar-refractivity contribution in [3.8, 4) is 11.4 Å². The van der Waals surface area contributed by atoms with E-state index >= 15 is 0 Å². The minimum absolute atomic E-state index is 0.379. The Morgan fingerprint density at radius 3 is 2.67 bits per heavy atom. The molecule has 7 heteroatoms. The fourth-order valence-electron chi connectivity index (χ4n) is 2.79. The van der Waals surface area contributed by atoms with Crippen molar-refractivity contribution in [3.05, 3.63) is 30.3 Å². The average Bonchev–Trinajstić information content (AvgIpc) is 3.04. The summed E-state index contributed by atoms with van der Waals surface area (Å²) in [5, 5.41) is 19.8. The van der Waals surface area contributed by atoms with Crippen molar-refractivity contribution in [2.75, 3.05) is 38.6 Å². The Morgan fingerprint density at radius 2 is 1.96 bits per heavy atom. The van der Waals surface area contributed by atoms with Gasteiger partial charge in [0.2, 0.25) is 0 Å². The molecular formula is C17H24N4O2S. The fraction of sp³-hybridized carbons (Fsp3) is 0.529. The number of nitrogens with zero attached hydrogens (tertiary/aromatic N) is 4. The van der Waals surface area contributed by atoms with Crippen LogP contribution in [-0.4, -0.2) is 69.5 Å². The Balaban J connectivity index is 1.60. The van der Waals surface area contributed by atoms with Gasteiger partial charge in [-0.2, -0.15) is 0 Å². The zero-order chi connectivity index (χ0) is 16.8. The number of morpholine rings is 1. The van der Waals surface area contributed by atoms with E-state index in [2.05, 4.69) is 26.6 Å². The van der Waals surface area contributed by atoms with Crippen LogP contribution in [0, 0.1) is 0 Å². The first-order valence-electron chi connectivity index (χ1n) is 8.37. The molecule has 1 aromatic carbocycles. The molecule has 6 nitrogen and oxygen atoms in total. The van der Waals surface area contributed by atoms with Crippen molar-refractivity contribution in [3.63, 3.8) is 0 Å². The Bertz CT molecular complexity index is 629. The average molecular weight is 348 g/mol. The van der Waals surface area contributed by atoms with Gasteiger partial charge >= 0.3 is 0 Å². The maximum absolute atomic E-state index is 10.3. The van der Waals surface area contributed by atoms with Crippen LogP contribution in [0.2, 0.25) is 0 Å². The van der Waals surface area contributed by atoms with Crippen molar-refractivity contribution in [1.82, 2.24) is 19.7 Å². The van der Waals surface area contributed by atoms with Crippen LogP contribution in [0.4, 0.5) is 0 Å². The lowest BCUT2D eigenvalue weighted by molar-refractivity contribution is 0.0188. The summed E-state index contributed by atoms with van der Waals surface area (Å²) in [4.78, 5) is 2.24. The summed E-state index contributed by atoms with van der Waals surface area (Å²) < 4.78 is 7.43. The third kappa shape index (κ3) is 4.36. The molecule has 1 N–H and O–H groups in total. The molecule has 130 valence electrons. The highest BCUT2D eigenvalue weighted by Crippen LogP contribution is 2.24. The summed E-state index contributed by atoms with van der Waals surface area (Å²) in [7, 11) is 0. The lowest BCUT2D eigenvalue weighted by Crippen LogP contribution is -2.41. The third-order valence-electron chi connectivity index (χ3n) is 4.04. The van der Waals surface area contributed by atoms with Gasteiger partial charge in [-0.1, -0.05) is 42.1 Å². The molecule has 1 aliphatic heterocycles. The smallest absolute Gasteiger partial charge is 0.191 e. The first-order chi connectivity index (χ1) is 11.8. The number of hydrogen-bond acceptors (Lipinski definition) is 6. The zero-order valence-electron chi connectivity index (χ0n) is 14.0. The highest BCUT2D eigenvalue weighted by atomic mass is 32.2. The van der Waals surface area contributed by atoms with Gasteiger partial charge in [-0.25, -0.2) is 0 Å². The van der Waals surface area contributed by atoms with Gasteiger partial charge in [0.1, 0.15) is 0 Å². The Morgan fingerprint density at radius 1 is 1.21 bits per heavy atom. The molecule has 1 fully saturated rings. The van der Waals surface area contributed by atoms with Gasteiger partial charge < -0.3 is 14.4 Å². The van der Waals surface area contributed by atoms with Gasteiger partial charge in [0, 0.05) is 37.5 Å². The van der Waals surface area contributed by atoms with Gasteiger partial charge in [0.05, 0.1) is 19.3 Å². The van der Waals surface area contributed by atoms with Gasteiger partial charge in [-0.05, 0) is 6.92 Å². The molecule has 2 aromatic rings. The van der Waals surface area contributed by atoms with Crippen LogP contribution in [0.5, 0.6) is 0 Å². The number of benzene rings is 1. The second-order valence-electron chi connectivity index (χ2n) is 5.79. The molecule has 2 heterocycles. The largest absolute Gasteiger partial charge is 0.391 e.